The highest BCUT2D eigenvalue weighted by molar-refractivity contribution is 7.86. The van der Waals surface area contributed by atoms with Gasteiger partial charge in [0.1, 0.15) is 11.6 Å². The Labute approximate surface area is 115 Å². The van der Waals surface area contributed by atoms with Gasteiger partial charge in [-0.1, -0.05) is 23.8 Å². The van der Waals surface area contributed by atoms with E-state index < -0.39 is 33.9 Å². The van der Waals surface area contributed by atoms with Crippen LogP contribution in [0.15, 0.2) is 47.4 Å². The summed E-state index contributed by atoms with van der Waals surface area (Å²) >= 11 is 0. The van der Waals surface area contributed by atoms with E-state index >= 15 is 0 Å². The van der Waals surface area contributed by atoms with Gasteiger partial charge < -0.3 is 0 Å². The maximum absolute atomic E-state index is 13.4. The Kier molecular flexibility index (Phi) is 4.15. The van der Waals surface area contributed by atoms with Crippen molar-refractivity contribution in [2.24, 2.45) is 0 Å². The lowest BCUT2D eigenvalue weighted by Gasteiger charge is -2.07. The molecule has 106 valence electrons. The van der Waals surface area contributed by atoms with E-state index in [9.17, 15) is 17.2 Å². The zero-order chi connectivity index (χ0) is 14.8. The zero-order valence-electron chi connectivity index (χ0n) is 10.6. The van der Waals surface area contributed by atoms with E-state index in [2.05, 4.69) is 0 Å². The quantitative estimate of drug-likeness (QED) is 0.814. The lowest BCUT2D eigenvalue weighted by molar-refractivity contribution is 0.295. The maximum Gasteiger partial charge on any atom is 0.297 e. The number of halogens is 2. The van der Waals surface area contributed by atoms with Crippen molar-refractivity contribution >= 4 is 10.1 Å². The predicted molar refractivity (Wildman–Crippen MR) is 69.5 cm³/mol. The summed E-state index contributed by atoms with van der Waals surface area (Å²) in [6, 6.07) is 9.26. The highest BCUT2D eigenvalue weighted by Crippen LogP contribution is 2.18. The average molecular weight is 298 g/mol. The SMILES string of the molecule is Cc1ccc(S(=O)(=O)OCc2c(F)cccc2F)cc1. The highest BCUT2D eigenvalue weighted by Gasteiger charge is 2.17. The summed E-state index contributed by atoms with van der Waals surface area (Å²) in [5, 5.41) is 0. The molecule has 0 saturated carbocycles. The van der Waals surface area contributed by atoms with Crippen LogP contribution in [0, 0.1) is 18.6 Å². The molecule has 0 aliphatic heterocycles. The molecule has 6 heteroatoms. The minimum atomic E-state index is -4.04. The topological polar surface area (TPSA) is 43.4 Å². The van der Waals surface area contributed by atoms with Gasteiger partial charge in [-0.05, 0) is 31.2 Å². The summed E-state index contributed by atoms with van der Waals surface area (Å²) in [7, 11) is -4.04. The Morgan fingerprint density at radius 2 is 1.55 bits per heavy atom. The van der Waals surface area contributed by atoms with Crippen LogP contribution in [0.1, 0.15) is 11.1 Å². The number of benzene rings is 2. The van der Waals surface area contributed by atoms with Crippen LogP contribution in [0.2, 0.25) is 0 Å². The fourth-order valence-electron chi connectivity index (χ4n) is 1.58. The van der Waals surface area contributed by atoms with Gasteiger partial charge in [0.05, 0.1) is 17.1 Å². The normalized spacial score (nSPS) is 11.6. The Bertz CT molecular complexity index is 689. The van der Waals surface area contributed by atoms with E-state index in [1.165, 1.54) is 18.2 Å². The first-order valence-electron chi connectivity index (χ1n) is 5.79. The van der Waals surface area contributed by atoms with Gasteiger partial charge in [0.25, 0.3) is 10.1 Å². The molecule has 3 nitrogen and oxygen atoms in total. The molecule has 0 atom stereocenters. The fraction of sp³-hybridized carbons (Fsp3) is 0.143. The summed E-state index contributed by atoms with van der Waals surface area (Å²) in [6.45, 7) is 1.13. The van der Waals surface area contributed by atoms with Gasteiger partial charge >= 0.3 is 0 Å². The molecule has 0 heterocycles. The predicted octanol–water partition coefficient (Wildman–Crippen LogP) is 3.18. The molecule has 0 amide bonds. The summed E-state index contributed by atoms with van der Waals surface area (Å²) in [5.74, 6) is -1.69. The van der Waals surface area contributed by atoms with Crippen LogP contribution in [0.25, 0.3) is 0 Å². The Morgan fingerprint density at radius 3 is 2.10 bits per heavy atom. The third-order valence-electron chi connectivity index (χ3n) is 2.73. The van der Waals surface area contributed by atoms with Gasteiger partial charge in [0.2, 0.25) is 0 Å². The maximum atomic E-state index is 13.4. The number of hydrogen-bond donors (Lipinski definition) is 0. The van der Waals surface area contributed by atoms with Crippen molar-refractivity contribution in [2.75, 3.05) is 0 Å². The number of rotatable bonds is 4. The molecular formula is C14H12F2O3S. The van der Waals surface area contributed by atoms with Crippen LogP contribution in [-0.2, 0) is 20.9 Å². The molecule has 20 heavy (non-hydrogen) atoms. The monoisotopic (exact) mass is 298 g/mol. The molecule has 0 saturated heterocycles. The summed E-state index contributed by atoms with van der Waals surface area (Å²) in [4.78, 5) is -0.0557. The molecule has 0 radical (unpaired) electrons. The van der Waals surface area contributed by atoms with Crippen molar-refractivity contribution in [3.05, 3.63) is 65.2 Å². The Morgan fingerprint density at radius 1 is 1.00 bits per heavy atom. The van der Waals surface area contributed by atoms with Gasteiger partial charge in [-0.3, -0.25) is 4.18 Å². The lowest BCUT2D eigenvalue weighted by atomic mass is 10.2. The van der Waals surface area contributed by atoms with Gasteiger partial charge in [-0.15, -0.1) is 0 Å². The average Bonchev–Trinajstić information content (AvgIpc) is 2.38. The molecule has 2 rings (SSSR count). The molecule has 2 aromatic carbocycles. The van der Waals surface area contributed by atoms with Crippen molar-refractivity contribution in [2.45, 2.75) is 18.4 Å². The van der Waals surface area contributed by atoms with Gasteiger partial charge in [-0.25, -0.2) is 8.78 Å². The van der Waals surface area contributed by atoms with Crippen LogP contribution in [0.4, 0.5) is 8.78 Å². The molecule has 0 fully saturated rings. The van der Waals surface area contributed by atoms with Crippen LogP contribution in [0.5, 0.6) is 0 Å². The molecule has 0 spiro atoms. The van der Waals surface area contributed by atoms with Crippen LogP contribution >= 0.6 is 0 Å². The van der Waals surface area contributed by atoms with E-state index in [0.29, 0.717) is 0 Å². The number of aryl methyl sites for hydroxylation is 1. The zero-order valence-corrected chi connectivity index (χ0v) is 11.5. The highest BCUT2D eigenvalue weighted by atomic mass is 32.2. The van der Waals surface area contributed by atoms with Crippen molar-refractivity contribution < 1.29 is 21.4 Å². The number of hydrogen-bond acceptors (Lipinski definition) is 3. The van der Waals surface area contributed by atoms with Crippen molar-refractivity contribution in [1.82, 2.24) is 0 Å². The van der Waals surface area contributed by atoms with Crippen LogP contribution in [0.3, 0.4) is 0 Å². The third kappa shape index (κ3) is 3.20. The summed E-state index contributed by atoms with van der Waals surface area (Å²) in [6.07, 6.45) is 0. The standard InChI is InChI=1S/C14H12F2O3S/c1-10-5-7-11(8-6-10)20(17,18)19-9-12-13(15)3-2-4-14(12)16/h2-8H,9H2,1H3. The summed E-state index contributed by atoms with van der Waals surface area (Å²) in [5.41, 5.74) is 0.479. The van der Waals surface area contributed by atoms with E-state index in [-0.39, 0.29) is 4.90 Å². The van der Waals surface area contributed by atoms with E-state index in [0.717, 1.165) is 17.7 Å². The molecule has 0 unspecified atom stereocenters. The van der Waals surface area contributed by atoms with Crippen molar-refractivity contribution in [3.8, 4) is 0 Å². The second kappa shape index (κ2) is 5.68. The van der Waals surface area contributed by atoms with E-state index in [1.807, 2.05) is 6.92 Å². The van der Waals surface area contributed by atoms with Crippen LogP contribution < -0.4 is 0 Å². The second-order valence-corrected chi connectivity index (χ2v) is 5.84. The second-order valence-electron chi connectivity index (χ2n) is 4.23. The van der Waals surface area contributed by atoms with Crippen molar-refractivity contribution in [3.63, 3.8) is 0 Å². The summed E-state index contributed by atoms with van der Waals surface area (Å²) < 4.78 is 55.2. The minimum Gasteiger partial charge on any atom is -0.261 e. The molecule has 2 aromatic rings. The Hall–Kier alpha value is -1.79. The molecule has 0 aromatic heterocycles. The Balaban J connectivity index is 2.20. The van der Waals surface area contributed by atoms with Gasteiger partial charge in [-0.2, -0.15) is 8.42 Å². The molecule has 0 aliphatic rings. The van der Waals surface area contributed by atoms with Crippen molar-refractivity contribution in [1.29, 1.82) is 0 Å². The van der Waals surface area contributed by atoms with E-state index in [1.54, 1.807) is 12.1 Å². The van der Waals surface area contributed by atoms with Gasteiger partial charge in [0.15, 0.2) is 0 Å². The molecule has 0 bridgehead atoms. The fourth-order valence-corrected chi connectivity index (χ4v) is 2.46. The molecular weight excluding hydrogens is 286 g/mol. The lowest BCUT2D eigenvalue weighted by Crippen LogP contribution is -2.08. The molecule has 0 aliphatic carbocycles. The first-order valence-corrected chi connectivity index (χ1v) is 7.20. The van der Waals surface area contributed by atoms with Crippen LogP contribution in [-0.4, -0.2) is 8.42 Å². The molecule has 0 N–H and O–H groups in total. The minimum absolute atomic E-state index is 0.0557. The van der Waals surface area contributed by atoms with E-state index in [4.69, 9.17) is 4.18 Å². The first-order chi connectivity index (χ1) is 9.40. The third-order valence-corrected chi connectivity index (χ3v) is 4.01. The largest absolute Gasteiger partial charge is 0.297 e. The first kappa shape index (κ1) is 14.6. The van der Waals surface area contributed by atoms with Gasteiger partial charge in [0, 0.05) is 0 Å². The smallest absolute Gasteiger partial charge is 0.261 e.